The minimum atomic E-state index is 0.0895. The molecule has 0 unspecified atom stereocenters. The molecule has 0 saturated heterocycles. The number of benzene rings is 2. The zero-order valence-corrected chi connectivity index (χ0v) is 12.2. The standard InChI is InChI=1S/C19H17NO/c1-14-13-18(15(2)21)19(16-9-5-3-6-10-16)20(14)17-11-7-4-8-12-17/h3-13H,1-2H3. The van der Waals surface area contributed by atoms with Crippen LogP contribution >= 0.6 is 0 Å². The van der Waals surface area contributed by atoms with Crippen LogP contribution in [0.15, 0.2) is 66.7 Å². The Balaban J connectivity index is 2.32. The Labute approximate surface area is 124 Å². The van der Waals surface area contributed by atoms with Gasteiger partial charge in [-0.2, -0.15) is 0 Å². The highest BCUT2D eigenvalue weighted by Gasteiger charge is 2.18. The number of nitrogens with zero attached hydrogens (tertiary/aromatic N) is 1. The second-order valence-corrected chi connectivity index (χ2v) is 5.14. The number of carbonyl (C=O) groups is 1. The van der Waals surface area contributed by atoms with Gasteiger partial charge in [-0.05, 0) is 37.6 Å². The van der Waals surface area contributed by atoms with Gasteiger partial charge in [-0.3, -0.25) is 4.79 Å². The van der Waals surface area contributed by atoms with Crippen LogP contribution in [0.4, 0.5) is 0 Å². The molecule has 3 aromatic rings. The fourth-order valence-corrected chi connectivity index (χ4v) is 2.70. The zero-order valence-electron chi connectivity index (χ0n) is 12.2. The number of Topliss-reactive ketones (excluding diaryl/α,β-unsaturated/α-hetero) is 1. The lowest BCUT2D eigenvalue weighted by molar-refractivity contribution is 0.101. The van der Waals surface area contributed by atoms with Crippen molar-refractivity contribution in [2.75, 3.05) is 0 Å². The van der Waals surface area contributed by atoms with E-state index in [4.69, 9.17) is 0 Å². The van der Waals surface area contributed by atoms with Gasteiger partial charge in [0.15, 0.2) is 5.78 Å². The number of aryl methyl sites for hydroxylation is 1. The Hall–Kier alpha value is -2.61. The molecule has 0 aliphatic rings. The molecule has 0 N–H and O–H groups in total. The summed E-state index contributed by atoms with van der Waals surface area (Å²) in [6.07, 6.45) is 0. The average Bonchev–Trinajstić information content (AvgIpc) is 2.87. The average molecular weight is 275 g/mol. The van der Waals surface area contributed by atoms with Crippen molar-refractivity contribution >= 4 is 5.78 Å². The summed E-state index contributed by atoms with van der Waals surface area (Å²) in [4.78, 5) is 12.0. The minimum Gasteiger partial charge on any atom is -0.313 e. The Morgan fingerprint density at radius 2 is 1.48 bits per heavy atom. The molecule has 1 aromatic heterocycles. The number of hydrogen-bond donors (Lipinski definition) is 0. The third-order valence-corrected chi connectivity index (χ3v) is 3.63. The first-order valence-electron chi connectivity index (χ1n) is 7.02. The van der Waals surface area contributed by atoms with E-state index < -0.39 is 0 Å². The maximum Gasteiger partial charge on any atom is 0.161 e. The number of hydrogen-bond acceptors (Lipinski definition) is 1. The second-order valence-electron chi connectivity index (χ2n) is 5.14. The van der Waals surface area contributed by atoms with Gasteiger partial charge in [0.05, 0.1) is 5.69 Å². The van der Waals surface area contributed by atoms with Crippen LogP contribution in [0.3, 0.4) is 0 Å². The van der Waals surface area contributed by atoms with Gasteiger partial charge in [-0.15, -0.1) is 0 Å². The first-order chi connectivity index (χ1) is 10.2. The van der Waals surface area contributed by atoms with Gasteiger partial charge in [0.2, 0.25) is 0 Å². The molecule has 2 heteroatoms. The lowest BCUT2D eigenvalue weighted by Gasteiger charge is -2.13. The predicted molar refractivity (Wildman–Crippen MR) is 85.9 cm³/mol. The SMILES string of the molecule is CC(=O)c1cc(C)n(-c2ccccc2)c1-c1ccccc1. The van der Waals surface area contributed by atoms with E-state index in [0.29, 0.717) is 0 Å². The molecule has 3 rings (SSSR count). The fourth-order valence-electron chi connectivity index (χ4n) is 2.70. The van der Waals surface area contributed by atoms with Gasteiger partial charge in [0.25, 0.3) is 0 Å². The molecule has 1 heterocycles. The highest BCUT2D eigenvalue weighted by molar-refractivity contribution is 6.01. The number of rotatable bonds is 3. The molecule has 0 bridgehead atoms. The summed E-state index contributed by atoms with van der Waals surface area (Å²) in [5, 5.41) is 0. The number of carbonyl (C=O) groups excluding carboxylic acids is 1. The first-order valence-corrected chi connectivity index (χ1v) is 7.02. The Morgan fingerprint density at radius 3 is 2.05 bits per heavy atom. The summed E-state index contributed by atoms with van der Waals surface area (Å²) in [7, 11) is 0. The van der Waals surface area contributed by atoms with E-state index in [9.17, 15) is 4.79 Å². The van der Waals surface area contributed by atoms with Gasteiger partial charge in [0, 0.05) is 16.9 Å². The van der Waals surface area contributed by atoms with Crippen molar-refractivity contribution < 1.29 is 4.79 Å². The molecule has 2 nitrogen and oxygen atoms in total. The molecule has 0 saturated carbocycles. The topological polar surface area (TPSA) is 22.0 Å². The van der Waals surface area contributed by atoms with Crippen LogP contribution in [0.2, 0.25) is 0 Å². The third-order valence-electron chi connectivity index (χ3n) is 3.63. The van der Waals surface area contributed by atoms with Crippen molar-refractivity contribution in [3.8, 4) is 16.9 Å². The lowest BCUT2D eigenvalue weighted by Crippen LogP contribution is -2.01. The summed E-state index contributed by atoms with van der Waals surface area (Å²) < 4.78 is 2.14. The van der Waals surface area contributed by atoms with Crippen molar-refractivity contribution in [3.05, 3.63) is 78.0 Å². The van der Waals surface area contributed by atoms with Crippen LogP contribution in [0.5, 0.6) is 0 Å². The molecule has 104 valence electrons. The first kappa shape index (κ1) is 13.4. The minimum absolute atomic E-state index is 0.0895. The predicted octanol–water partition coefficient (Wildman–Crippen LogP) is 4.66. The van der Waals surface area contributed by atoms with Crippen LogP contribution in [0.25, 0.3) is 16.9 Å². The maximum atomic E-state index is 12.0. The molecule has 0 aliphatic heterocycles. The van der Waals surface area contributed by atoms with Crippen LogP contribution in [0.1, 0.15) is 23.0 Å². The van der Waals surface area contributed by atoms with Crippen LogP contribution in [-0.4, -0.2) is 10.4 Å². The van der Waals surface area contributed by atoms with Crippen molar-refractivity contribution in [1.82, 2.24) is 4.57 Å². The van der Waals surface area contributed by atoms with Crippen molar-refractivity contribution in [2.24, 2.45) is 0 Å². The monoisotopic (exact) mass is 275 g/mol. The number of aromatic nitrogens is 1. The molecular weight excluding hydrogens is 258 g/mol. The lowest BCUT2D eigenvalue weighted by atomic mass is 10.1. The van der Waals surface area contributed by atoms with Crippen molar-refractivity contribution in [3.63, 3.8) is 0 Å². The summed E-state index contributed by atoms with van der Waals surface area (Å²) >= 11 is 0. The van der Waals surface area contributed by atoms with Gasteiger partial charge >= 0.3 is 0 Å². The zero-order chi connectivity index (χ0) is 14.8. The molecule has 2 aromatic carbocycles. The number of para-hydroxylation sites is 1. The third kappa shape index (κ3) is 2.40. The van der Waals surface area contributed by atoms with Gasteiger partial charge in [-0.25, -0.2) is 0 Å². The molecule has 21 heavy (non-hydrogen) atoms. The highest BCUT2D eigenvalue weighted by Crippen LogP contribution is 2.30. The summed E-state index contributed by atoms with van der Waals surface area (Å²) in [6.45, 7) is 3.66. The van der Waals surface area contributed by atoms with E-state index in [2.05, 4.69) is 16.7 Å². The summed E-state index contributed by atoms with van der Waals surface area (Å²) in [5.41, 5.74) is 4.92. The quantitative estimate of drug-likeness (QED) is 0.637. The largest absolute Gasteiger partial charge is 0.313 e. The van der Waals surface area contributed by atoms with E-state index in [0.717, 1.165) is 28.2 Å². The van der Waals surface area contributed by atoms with E-state index in [1.165, 1.54) is 0 Å². The van der Waals surface area contributed by atoms with Gasteiger partial charge in [-0.1, -0.05) is 48.5 Å². The summed E-state index contributed by atoms with van der Waals surface area (Å²) in [5.74, 6) is 0.0895. The maximum absolute atomic E-state index is 12.0. The summed E-state index contributed by atoms with van der Waals surface area (Å²) in [6, 6.07) is 22.2. The Morgan fingerprint density at radius 1 is 0.905 bits per heavy atom. The van der Waals surface area contributed by atoms with Crippen LogP contribution < -0.4 is 0 Å². The van der Waals surface area contributed by atoms with Crippen molar-refractivity contribution in [2.45, 2.75) is 13.8 Å². The molecule has 0 fully saturated rings. The smallest absolute Gasteiger partial charge is 0.161 e. The fraction of sp³-hybridized carbons (Fsp3) is 0.105. The molecule has 0 spiro atoms. The molecular formula is C19H17NO. The van der Waals surface area contributed by atoms with E-state index >= 15 is 0 Å². The van der Waals surface area contributed by atoms with E-state index in [-0.39, 0.29) is 5.78 Å². The molecule has 0 aliphatic carbocycles. The Kier molecular flexibility index (Phi) is 3.44. The normalized spacial score (nSPS) is 10.6. The van der Waals surface area contributed by atoms with Gasteiger partial charge < -0.3 is 4.57 Å². The number of ketones is 1. The van der Waals surface area contributed by atoms with E-state index in [1.807, 2.05) is 61.5 Å². The molecule has 0 amide bonds. The van der Waals surface area contributed by atoms with Crippen molar-refractivity contribution in [1.29, 1.82) is 0 Å². The van der Waals surface area contributed by atoms with Gasteiger partial charge in [0.1, 0.15) is 0 Å². The van der Waals surface area contributed by atoms with E-state index in [1.54, 1.807) is 6.92 Å². The Bertz CT molecular complexity index is 770. The molecule has 0 atom stereocenters. The highest BCUT2D eigenvalue weighted by atomic mass is 16.1. The van der Waals surface area contributed by atoms with Crippen LogP contribution in [-0.2, 0) is 0 Å². The molecule has 0 radical (unpaired) electrons. The second kappa shape index (κ2) is 5.41. The van der Waals surface area contributed by atoms with Crippen LogP contribution in [0, 0.1) is 6.92 Å².